The third-order valence-electron chi connectivity index (χ3n) is 5.39. The predicted molar refractivity (Wildman–Crippen MR) is 96.2 cm³/mol. The summed E-state index contributed by atoms with van der Waals surface area (Å²) in [6.45, 7) is -0.256. The molecule has 134 valence electrons. The van der Waals surface area contributed by atoms with Crippen LogP contribution in [-0.2, 0) is 25.2 Å². The van der Waals surface area contributed by atoms with E-state index in [1.807, 2.05) is 24.3 Å². The van der Waals surface area contributed by atoms with Gasteiger partial charge < -0.3 is 20.4 Å². The molecule has 3 rings (SSSR count). The highest BCUT2D eigenvalue weighted by molar-refractivity contribution is 5.47. The molecule has 0 atom stereocenters. The highest BCUT2D eigenvalue weighted by Gasteiger charge is 2.36. The van der Waals surface area contributed by atoms with Gasteiger partial charge in [-0.1, -0.05) is 43.5 Å². The molecule has 0 radical (unpaired) electrons. The Labute approximate surface area is 148 Å². The lowest BCUT2D eigenvalue weighted by atomic mass is 9.64. The molecule has 0 aromatic heterocycles. The van der Waals surface area contributed by atoms with Crippen molar-refractivity contribution in [2.45, 2.75) is 57.3 Å². The standard InChI is InChI=1S/C21H26O4/c22-12-15-6-16(13-23)8-18(7-15)21(4-2-1-3-5-21)19-9-17(14-24)10-20(25)11-19/h6-11,22-25H,1-5,12-14H2. The molecule has 2 aromatic rings. The van der Waals surface area contributed by atoms with Crippen LogP contribution in [-0.4, -0.2) is 20.4 Å². The fourth-order valence-corrected chi connectivity index (χ4v) is 4.16. The number of phenolic OH excluding ortho intramolecular Hbond substituents is 1. The van der Waals surface area contributed by atoms with Crippen LogP contribution >= 0.6 is 0 Å². The van der Waals surface area contributed by atoms with Crippen LogP contribution in [0.2, 0.25) is 0 Å². The Hall–Kier alpha value is -1.88. The summed E-state index contributed by atoms with van der Waals surface area (Å²) in [6, 6.07) is 11.2. The number of aromatic hydroxyl groups is 1. The molecular formula is C21H26O4. The van der Waals surface area contributed by atoms with Gasteiger partial charge in [0.05, 0.1) is 19.8 Å². The molecule has 1 saturated carbocycles. The van der Waals surface area contributed by atoms with E-state index in [4.69, 9.17) is 0 Å². The third-order valence-corrected chi connectivity index (χ3v) is 5.39. The Kier molecular flexibility index (Phi) is 5.42. The van der Waals surface area contributed by atoms with Crippen molar-refractivity contribution in [3.05, 3.63) is 64.2 Å². The van der Waals surface area contributed by atoms with E-state index in [-0.39, 0.29) is 31.0 Å². The maximum Gasteiger partial charge on any atom is 0.116 e. The van der Waals surface area contributed by atoms with Crippen molar-refractivity contribution in [3.8, 4) is 5.75 Å². The number of hydrogen-bond donors (Lipinski definition) is 4. The summed E-state index contributed by atoms with van der Waals surface area (Å²) in [7, 11) is 0. The molecule has 0 unspecified atom stereocenters. The Balaban J connectivity index is 2.19. The molecule has 4 N–H and O–H groups in total. The number of hydrogen-bond acceptors (Lipinski definition) is 4. The van der Waals surface area contributed by atoms with Crippen molar-refractivity contribution in [2.75, 3.05) is 0 Å². The zero-order valence-corrected chi connectivity index (χ0v) is 14.4. The van der Waals surface area contributed by atoms with E-state index in [1.165, 1.54) is 6.42 Å². The van der Waals surface area contributed by atoms with E-state index in [1.54, 1.807) is 12.1 Å². The van der Waals surface area contributed by atoms with Gasteiger partial charge in [-0.2, -0.15) is 0 Å². The van der Waals surface area contributed by atoms with Crippen LogP contribution in [0.5, 0.6) is 5.75 Å². The van der Waals surface area contributed by atoms with E-state index in [2.05, 4.69) is 0 Å². The summed E-state index contributed by atoms with van der Waals surface area (Å²) >= 11 is 0. The molecule has 0 saturated heterocycles. The van der Waals surface area contributed by atoms with Gasteiger partial charge in [0, 0.05) is 5.41 Å². The lowest BCUT2D eigenvalue weighted by Gasteiger charge is -2.39. The first-order valence-corrected chi connectivity index (χ1v) is 8.90. The highest BCUT2D eigenvalue weighted by Crippen LogP contribution is 2.46. The number of benzene rings is 2. The fraction of sp³-hybridized carbons (Fsp3) is 0.429. The van der Waals surface area contributed by atoms with Gasteiger partial charge in [-0.05, 0) is 52.8 Å². The lowest BCUT2D eigenvalue weighted by molar-refractivity contribution is 0.273. The maximum absolute atomic E-state index is 10.1. The smallest absolute Gasteiger partial charge is 0.116 e. The second-order valence-corrected chi connectivity index (χ2v) is 7.04. The molecule has 4 nitrogen and oxygen atoms in total. The predicted octanol–water partition coefficient (Wildman–Crippen LogP) is 3.12. The van der Waals surface area contributed by atoms with Gasteiger partial charge in [0.15, 0.2) is 0 Å². The molecule has 0 heterocycles. The summed E-state index contributed by atoms with van der Waals surface area (Å²) in [6.07, 6.45) is 5.24. The first kappa shape index (κ1) is 17.9. The average Bonchev–Trinajstić information content (AvgIpc) is 2.67. The van der Waals surface area contributed by atoms with Crippen LogP contribution in [0.3, 0.4) is 0 Å². The van der Waals surface area contributed by atoms with E-state index in [0.29, 0.717) is 5.56 Å². The van der Waals surface area contributed by atoms with Crippen molar-refractivity contribution in [1.82, 2.24) is 0 Å². The molecular weight excluding hydrogens is 316 g/mol. The third kappa shape index (κ3) is 3.56. The van der Waals surface area contributed by atoms with Crippen LogP contribution in [0, 0.1) is 0 Å². The molecule has 1 aliphatic carbocycles. The highest BCUT2D eigenvalue weighted by atomic mass is 16.3. The summed E-state index contributed by atoms with van der Waals surface area (Å²) in [5.41, 5.74) is 4.06. The minimum atomic E-state index is -0.268. The van der Waals surface area contributed by atoms with Crippen LogP contribution in [0.4, 0.5) is 0 Å². The van der Waals surface area contributed by atoms with Gasteiger partial charge in [-0.25, -0.2) is 0 Å². The molecule has 25 heavy (non-hydrogen) atoms. The first-order valence-electron chi connectivity index (χ1n) is 8.90. The van der Waals surface area contributed by atoms with Crippen molar-refractivity contribution >= 4 is 0 Å². The minimum absolute atomic E-state index is 0.0706. The van der Waals surface area contributed by atoms with Gasteiger partial charge in [-0.15, -0.1) is 0 Å². The summed E-state index contributed by atoms with van der Waals surface area (Å²) in [5.74, 6) is 0.159. The SMILES string of the molecule is OCc1cc(O)cc(C2(c3cc(CO)cc(CO)c3)CCCCC2)c1. The summed E-state index contributed by atoms with van der Waals surface area (Å²) in [4.78, 5) is 0. The Morgan fingerprint density at radius 2 is 1.12 bits per heavy atom. The molecule has 1 fully saturated rings. The van der Waals surface area contributed by atoms with Crippen molar-refractivity contribution in [3.63, 3.8) is 0 Å². The number of phenols is 1. The van der Waals surface area contributed by atoms with Gasteiger partial charge in [-0.3, -0.25) is 0 Å². The largest absolute Gasteiger partial charge is 0.508 e. The van der Waals surface area contributed by atoms with Gasteiger partial charge in [0.2, 0.25) is 0 Å². The minimum Gasteiger partial charge on any atom is -0.508 e. The zero-order chi connectivity index (χ0) is 17.9. The van der Waals surface area contributed by atoms with Gasteiger partial charge in [0.1, 0.15) is 5.75 Å². The number of aliphatic hydroxyl groups excluding tert-OH is 3. The molecule has 0 aliphatic heterocycles. The first-order chi connectivity index (χ1) is 12.1. The van der Waals surface area contributed by atoms with Crippen LogP contribution < -0.4 is 0 Å². The van der Waals surface area contributed by atoms with E-state index in [9.17, 15) is 20.4 Å². The average molecular weight is 342 g/mol. The Morgan fingerprint density at radius 1 is 0.640 bits per heavy atom. The second kappa shape index (κ2) is 7.56. The van der Waals surface area contributed by atoms with E-state index < -0.39 is 0 Å². The maximum atomic E-state index is 10.1. The van der Waals surface area contributed by atoms with Crippen molar-refractivity contribution in [2.24, 2.45) is 0 Å². The van der Waals surface area contributed by atoms with E-state index in [0.717, 1.165) is 47.9 Å². The van der Waals surface area contributed by atoms with Crippen LogP contribution in [0.15, 0.2) is 36.4 Å². The monoisotopic (exact) mass is 342 g/mol. The summed E-state index contributed by atoms with van der Waals surface area (Å²) < 4.78 is 0. The van der Waals surface area contributed by atoms with Crippen molar-refractivity contribution in [1.29, 1.82) is 0 Å². The Bertz CT molecular complexity index is 710. The van der Waals surface area contributed by atoms with Gasteiger partial charge in [0.25, 0.3) is 0 Å². The lowest BCUT2D eigenvalue weighted by Crippen LogP contribution is -2.31. The van der Waals surface area contributed by atoms with Crippen molar-refractivity contribution < 1.29 is 20.4 Å². The molecule has 0 spiro atoms. The normalized spacial score (nSPS) is 16.8. The molecule has 4 heteroatoms. The van der Waals surface area contributed by atoms with Crippen LogP contribution in [0.25, 0.3) is 0 Å². The molecule has 1 aliphatic rings. The van der Waals surface area contributed by atoms with Gasteiger partial charge >= 0.3 is 0 Å². The summed E-state index contributed by atoms with van der Waals surface area (Å²) in [5, 5.41) is 38.9. The number of rotatable bonds is 5. The quantitative estimate of drug-likeness (QED) is 0.673. The van der Waals surface area contributed by atoms with Crippen LogP contribution in [0.1, 0.15) is 59.9 Å². The molecule has 2 aromatic carbocycles. The zero-order valence-electron chi connectivity index (χ0n) is 14.4. The molecule has 0 bridgehead atoms. The topological polar surface area (TPSA) is 80.9 Å². The fourth-order valence-electron chi connectivity index (χ4n) is 4.16. The number of aliphatic hydroxyl groups is 3. The molecule has 0 amide bonds. The van der Waals surface area contributed by atoms with E-state index >= 15 is 0 Å². The second-order valence-electron chi connectivity index (χ2n) is 7.04. The Morgan fingerprint density at radius 3 is 1.64 bits per heavy atom.